The number of carbonyl (C=O) groups excluding carboxylic acids is 2. The van der Waals surface area contributed by atoms with Gasteiger partial charge in [0.1, 0.15) is 17.9 Å². The molecule has 0 aromatic heterocycles. The van der Waals surface area contributed by atoms with Crippen molar-refractivity contribution in [2.75, 3.05) is 0 Å². The van der Waals surface area contributed by atoms with Crippen LogP contribution in [0.1, 0.15) is 37.9 Å². The SMILES string of the molecule is O=C(OC(C(=O)c1ccccc1)c1ccccc1)c1ccccc1OCc1ccc(Cl)cc1. The quantitative estimate of drug-likeness (QED) is 0.218. The Bertz CT molecular complexity index is 1220. The van der Waals surface area contributed by atoms with Gasteiger partial charge >= 0.3 is 5.97 Å². The van der Waals surface area contributed by atoms with Gasteiger partial charge in [0.15, 0.2) is 6.10 Å². The number of halogens is 1. The smallest absolute Gasteiger partial charge is 0.342 e. The minimum atomic E-state index is -1.08. The van der Waals surface area contributed by atoms with Crippen molar-refractivity contribution in [3.63, 3.8) is 0 Å². The fraction of sp³-hybridized carbons (Fsp3) is 0.0714. The van der Waals surface area contributed by atoms with Crippen molar-refractivity contribution in [3.8, 4) is 5.75 Å². The van der Waals surface area contributed by atoms with E-state index in [1.54, 1.807) is 84.9 Å². The van der Waals surface area contributed by atoms with Crippen LogP contribution in [0.15, 0.2) is 109 Å². The molecule has 1 atom stereocenters. The van der Waals surface area contributed by atoms with E-state index in [-0.39, 0.29) is 18.0 Å². The second-order valence-electron chi connectivity index (χ2n) is 7.34. The van der Waals surface area contributed by atoms with Gasteiger partial charge in [0, 0.05) is 16.1 Å². The van der Waals surface area contributed by atoms with Crippen molar-refractivity contribution in [3.05, 3.63) is 136 Å². The second kappa shape index (κ2) is 10.6. The number of rotatable bonds is 8. The Morgan fingerprint density at radius 3 is 2.03 bits per heavy atom. The Labute approximate surface area is 197 Å². The van der Waals surface area contributed by atoms with Crippen LogP contribution in [0.3, 0.4) is 0 Å². The molecule has 0 radical (unpaired) electrons. The first-order valence-electron chi connectivity index (χ1n) is 10.4. The van der Waals surface area contributed by atoms with E-state index in [1.807, 2.05) is 24.3 Å². The summed E-state index contributed by atoms with van der Waals surface area (Å²) in [5, 5.41) is 0.637. The number of ketones is 1. The molecule has 164 valence electrons. The van der Waals surface area contributed by atoms with Gasteiger partial charge in [-0.1, -0.05) is 96.5 Å². The summed E-state index contributed by atoms with van der Waals surface area (Å²) in [6.07, 6.45) is -1.08. The maximum Gasteiger partial charge on any atom is 0.342 e. The molecule has 4 nitrogen and oxygen atoms in total. The van der Waals surface area contributed by atoms with Gasteiger partial charge < -0.3 is 9.47 Å². The average molecular weight is 457 g/mol. The van der Waals surface area contributed by atoms with E-state index in [0.29, 0.717) is 21.9 Å². The lowest BCUT2D eigenvalue weighted by Gasteiger charge is -2.18. The van der Waals surface area contributed by atoms with Crippen molar-refractivity contribution >= 4 is 23.4 Å². The Balaban J connectivity index is 1.57. The molecule has 0 heterocycles. The van der Waals surface area contributed by atoms with Crippen LogP contribution in [0, 0.1) is 0 Å². The third-order valence-corrected chi connectivity index (χ3v) is 5.29. The van der Waals surface area contributed by atoms with Crippen LogP contribution in [0.4, 0.5) is 0 Å². The van der Waals surface area contributed by atoms with Gasteiger partial charge in [-0.2, -0.15) is 0 Å². The zero-order valence-corrected chi connectivity index (χ0v) is 18.4. The minimum absolute atomic E-state index is 0.244. The Morgan fingerprint density at radius 1 is 0.727 bits per heavy atom. The van der Waals surface area contributed by atoms with E-state index >= 15 is 0 Å². The standard InChI is InChI=1S/C28H21ClO4/c29-23-17-15-20(16-18-23)19-32-25-14-8-7-13-24(25)28(31)33-27(22-11-5-2-6-12-22)26(30)21-9-3-1-4-10-21/h1-18,27H,19H2. The molecule has 0 amide bonds. The molecule has 0 saturated heterocycles. The molecule has 0 saturated carbocycles. The lowest BCUT2D eigenvalue weighted by Crippen LogP contribution is -2.20. The van der Waals surface area contributed by atoms with Gasteiger partial charge in [0.25, 0.3) is 0 Å². The molecule has 0 N–H and O–H groups in total. The fourth-order valence-corrected chi connectivity index (χ4v) is 3.45. The Morgan fingerprint density at radius 2 is 1.33 bits per heavy atom. The summed E-state index contributed by atoms with van der Waals surface area (Å²) in [6.45, 7) is 0.256. The summed E-state index contributed by atoms with van der Waals surface area (Å²) < 4.78 is 11.6. The fourth-order valence-electron chi connectivity index (χ4n) is 3.33. The monoisotopic (exact) mass is 456 g/mol. The normalized spacial score (nSPS) is 11.4. The number of ether oxygens (including phenoxy) is 2. The molecule has 0 spiro atoms. The number of hydrogen-bond donors (Lipinski definition) is 0. The van der Waals surface area contributed by atoms with Crippen LogP contribution in [-0.2, 0) is 11.3 Å². The number of para-hydroxylation sites is 1. The second-order valence-corrected chi connectivity index (χ2v) is 7.77. The van der Waals surface area contributed by atoms with Gasteiger partial charge in [0.05, 0.1) is 0 Å². The highest BCUT2D eigenvalue weighted by atomic mass is 35.5. The highest BCUT2D eigenvalue weighted by Crippen LogP contribution is 2.27. The number of esters is 1. The maximum atomic E-state index is 13.2. The number of carbonyl (C=O) groups is 2. The predicted octanol–water partition coefficient (Wildman–Crippen LogP) is 6.70. The van der Waals surface area contributed by atoms with Gasteiger partial charge in [-0.15, -0.1) is 0 Å². The number of hydrogen-bond acceptors (Lipinski definition) is 4. The zero-order valence-electron chi connectivity index (χ0n) is 17.7. The topological polar surface area (TPSA) is 52.6 Å². The van der Waals surface area contributed by atoms with E-state index < -0.39 is 12.1 Å². The third-order valence-electron chi connectivity index (χ3n) is 5.04. The highest BCUT2D eigenvalue weighted by molar-refractivity contribution is 6.30. The van der Waals surface area contributed by atoms with Gasteiger partial charge in [-0.3, -0.25) is 4.79 Å². The van der Waals surface area contributed by atoms with Crippen molar-refractivity contribution < 1.29 is 19.1 Å². The van der Waals surface area contributed by atoms with Crippen molar-refractivity contribution in [2.24, 2.45) is 0 Å². The van der Waals surface area contributed by atoms with E-state index in [4.69, 9.17) is 21.1 Å². The van der Waals surface area contributed by atoms with Crippen molar-refractivity contribution in [1.29, 1.82) is 0 Å². The molecule has 33 heavy (non-hydrogen) atoms. The summed E-state index contributed by atoms with van der Waals surface area (Å²) in [7, 11) is 0. The summed E-state index contributed by atoms with van der Waals surface area (Å²) in [5.74, 6) is -0.564. The predicted molar refractivity (Wildman–Crippen MR) is 128 cm³/mol. The third kappa shape index (κ3) is 5.68. The summed E-state index contributed by atoms with van der Waals surface area (Å²) in [6, 6.07) is 31.8. The van der Waals surface area contributed by atoms with Crippen LogP contribution < -0.4 is 4.74 Å². The summed E-state index contributed by atoms with van der Waals surface area (Å²) >= 11 is 5.93. The van der Waals surface area contributed by atoms with Crippen LogP contribution in [0.5, 0.6) is 5.75 Å². The molecule has 0 aliphatic carbocycles. The average Bonchev–Trinajstić information content (AvgIpc) is 2.87. The molecular formula is C28H21ClO4. The largest absolute Gasteiger partial charge is 0.488 e. The van der Waals surface area contributed by atoms with Gasteiger partial charge in [0.2, 0.25) is 5.78 Å². The van der Waals surface area contributed by atoms with Crippen molar-refractivity contribution in [1.82, 2.24) is 0 Å². The molecule has 0 aliphatic heterocycles. The van der Waals surface area contributed by atoms with Crippen LogP contribution >= 0.6 is 11.6 Å². The molecule has 5 heteroatoms. The summed E-state index contributed by atoms with van der Waals surface area (Å²) in [4.78, 5) is 26.4. The minimum Gasteiger partial charge on any atom is -0.488 e. The maximum absolute atomic E-state index is 13.2. The van der Waals surface area contributed by atoms with Gasteiger partial charge in [-0.05, 0) is 29.8 Å². The first-order valence-corrected chi connectivity index (χ1v) is 10.8. The molecule has 4 aromatic rings. The zero-order chi connectivity index (χ0) is 23.0. The molecule has 4 rings (SSSR count). The van der Waals surface area contributed by atoms with Crippen LogP contribution in [-0.4, -0.2) is 11.8 Å². The molecule has 0 fully saturated rings. The van der Waals surface area contributed by atoms with E-state index in [2.05, 4.69) is 0 Å². The molecule has 0 aliphatic rings. The first-order chi connectivity index (χ1) is 16.1. The lowest BCUT2D eigenvalue weighted by atomic mass is 9.99. The van der Waals surface area contributed by atoms with E-state index in [9.17, 15) is 9.59 Å². The summed E-state index contributed by atoms with van der Waals surface area (Å²) in [5.41, 5.74) is 2.21. The highest BCUT2D eigenvalue weighted by Gasteiger charge is 2.27. The number of Topliss-reactive ketones (excluding diaryl/α,β-unsaturated/α-hetero) is 1. The van der Waals surface area contributed by atoms with Gasteiger partial charge in [-0.25, -0.2) is 4.79 Å². The Hall–Kier alpha value is -3.89. The van der Waals surface area contributed by atoms with E-state index in [1.165, 1.54) is 0 Å². The molecule has 1 unspecified atom stereocenters. The van der Waals surface area contributed by atoms with Crippen LogP contribution in [0.25, 0.3) is 0 Å². The Kier molecular flexibility index (Phi) is 7.18. The molecule has 4 aromatic carbocycles. The lowest BCUT2D eigenvalue weighted by molar-refractivity contribution is 0.0276. The van der Waals surface area contributed by atoms with E-state index in [0.717, 1.165) is 5.56 Å². The molecule has 0 bridgehead atoms. The van der Waals surface area contributed by atoms with Crippen LogP contribution in [0.2, 0.25) is 5.02 Å². The van der Waals surface area contributed by atoms with Crippen molar-refractivity contribution in [2.45, 2.75) is 12.7 Å². The first kappa shape index (κ1) is 22.3. The number of benzene rings is 4. The molecular weight excluding hydrogens is 436 g/mol.